The number of nitrogens with one attached hydrogen (secondary N) is 2. The van der Waals surface area contributed by atoms with Crippen molar-refractivity contribution in [1.82, 2.24) is 5.32 Å². The topological polar surface area (TPSA) is 58.2 Å². The Labute approximate surface area is 88.7 Å². The van der Waals surface area contributed by atoms with Crippen LogP contribution < -0.4 is 10.6 Å². The van der Waals surface area contributed by atoms with Crippen LogP contribution in [0, 0.1) is 0 Å². The Hall–Kier alpha value is -1.84. The molecule has 1 aromatic rings. The van der Waals surface area contributed by atoms with Gasteiger partial charge < -0.3 is 15.4 Å². The first-order chi connectivity index (χ1) is 7.22. The Kier molecular flexibility index (Phi) is 4.34. The number of amides is 1. The lowest BCUT2D eigenvalue weighted by molar-refractivity contribution is -0.122. The quantitative estimate of drug-likeness (QED) is 0.701. The minimum atomic E-state index is -0.435. The Morgan fingerprint density at radius 1 is 1.40 bits per heavy atom. The number of para-hydroxylation sites is 1. The predicted molar refractivity (Wildman–Crippen MR) is 58.6 cm³/mol. The van der Waals surface area contributed by atoms with E-state index in [4.69, 9.17) is 0 Å². The molecule has 0 saturated carbocycles. The number of benzene rings is 1. The molecule has 4 nitrogen and oxygen atoms in total. The lowest BCUT2D eigenvalue weighted by atomic mass is 10.3. The first-order valence-electron chi connectivity index (χ1n) is 4.76. The van der Waals surface area contributed by atoms with Crippen LogP contribution in [-0.4, -0.2) is 24.8 Å². The van der Waals surface area contributed by atoms with Gasteiger partial charge in [-0.25, -0.2) is 0 Å². The Balaban J connectivity index is 2.31. The highest BCUT2D eigenvalue weighted by Gasteiger charge is 2.04. The standard InChI is InChI=1S/C11H14N2O2/c1-9(8-14)13-11(15)7-12-10-5-3-2-4-6-10/h2-6,8-9,12H,7H2,1H3,(H,13,15). The molecule has 0 radical (unpaired) electrons. The van der Waals surface area contributed by atoms with E-state index in [-0.39, 0.29) is 12.5 Å². The highest BCUT2D eigenvalue weighted by Crippen LogP contribution is 2.03. The van der Waals surface area contributed by atoms with Gasteiger partial charge in [-0.3, -0.25) is 4.79 Å². The molecule has 0 spiro atoms. The third-order valence-corrected chi connectivity index (χ3v) is 1.82. The van der Waals surface area contributed by atoms with Gasteiger partial charge in [-0.15, -0.1) is 0 Å². The summed E-state index contributed by atoms with van der Waals surface area (Å²) in [7, 11) is 0. The van der Waals surface area contributed by atoms with Crippen LogP contribution in [0.1, 0.15) is 6.92 Å². The Morgan fingerprint density at radius 3 is 2.67 bits per heavy atom. The van der Waals surface area contributed by atoms with Crippen molar-refractivity contribution in [3.63, 3.8) is 0 Å². The molecular formula is C11H14N2O2. The lowest BCUT2D eigenvalue weighted by Crippen LogP contribution is -2.37. The van der Waals surface area contributed by atoms with Crippen LogP contribution in [0.25, 0.3) is 0 Å². The molecule has 2 N–H and O–H groups in total. The largest absolute Gasteiger partial charge is 0.376 e. The van der Waals surface area contributed by atoms with E-state index < -0.39 is 6.04 Å². The molecule has 0 aliphatic heterocycles. The summed E-state index contributed by atoms with van der Waals surface area (Å²) in [5, 5.41) is 5.48. The smallest absolute Gasteiger partial charge is 0.239 e. The van der Waals surface area contributed by atoms with E-state index in [0.717, 1.165) is 5.69 Å². The zero-order chi connectivity index (χ0) is 11.1. The normalized spacial score (nSPS) is 11.5. The lowest BCUT2D eigenvalue weighted by Gasteiger charge is -2.08. The van der Waals surface area contributed by atoms with Crippen LogP contribution in [0.15, 0.2) is 30.3 Å². The molecule has 0 aromatic heterocycles. The molecule has 1 atom stereocenters. The summed E-state index contributed by atoms with van der Waals surface area (Å²) in [6.07, 6.45) is 0.695. The van der Waals surface area contributed by atoms with Crippen molar-refractivity contribution in [3.05, 3.63) is 30.3 Å². The fourth-order valence-electron chi connectivity index (χ4n) is 1.08. The maximum Gasteiger partial charge on any atom is 0.239 e. The van der Waals surface area contributed by atoms with Gasteiger partial charge in [-0.1, -0.05) is 18.2 Å². The van der Waals surface area contributed by atoms with Crippen LogP contribution in [0.5, 0.6) is 0 Å². The van der Waals surface area contributed by atoms with Gasteiger partial charge in [-0.05, 0) is 19.1 Å². The molecule has 4 heteroatoms. The monoisotopic (exact) mass is 206 g/mol. The summed E-state index contributed by atoms with van der Waals surface area (Å²) in [5.41, 5.74) is 0.881. The molecule has 1 rings (SSSR count). The summed E-state index contributed by atoms with van der Waals surface area (Å²) in [5.74, 6) is -0.196. The summed E-state index contributed by atoms with van der Waals surface area (Å²) in [6, 6.07) is 8.98. The maximum absolute atomic E-state index is 11.3. The molecule has 0 bridgehead atoms. The number of carbonyl (C=O) groups excluding carboxylic acids is 2. The third kappa shape index (κ3) is 4.26. The van der Waals surface area contributed by atoms with Crippen LogP contribution >= 0.6 is 0 Å². The van der Waals surface area contributed by atoms with Gasteiger partial charge in [-0.2, -0.15) is 0 Å². The van der Waals surface area contributed by atoms with Crippen LogP contribution in [0.4, 0.5) is 5.69 Å². The SMILES string of the molecule is CC(C=O)NC(=O)CNc1ccccc1. The predicted octanol–water partition coefficient (Wildman–Crippen LogP) is 0.802. The van der Waals surface area contributed by atoms with Gasteiger partial charge in [0.2, 0.25) is 5.91 Å². The van der Waals surface area contributed by atoms with Crippen LogP contribution in [0.2, 0.25) is 0 Å². The van der Waals surface area contributed by atoms with Crippen molar-refractivity contribution < 1.29 is 9.59 Å². The van der Waals surface area contributed by atoms with E-state index in [2.05, 4.69) is 10.6 Å². The molecule has 0 aliphatic rings. The molecule has 1 aromatic carbocycles. The van der Waals surface area contributed by atoms with Crippen molar-refractivity contribution in [3.8, 4) is 0 Å². The van der Waals surface area contributed by atoms with Gasteiger partial charge in [0.25, 0.3) is 0 Å². The average molecular weight is 206 g/mol. The van der Waals surface area contributed by atoms with Gasteiger partial charge in [0.15, 0.2) is 0 Å². The molecular weight excluding hydrogens is 192 g/mol. The molecule has 80 valence electrons. The summed E-state index contributed by atoms with van der Waals surface area (Å²) in [4.78, 5) is 21.5. The fraction of sp³-hybridized carbons (Fsp3) is 0.273. The first-order valence-corrected chi connectivity index (χ1v) is 4.76. The van der Waals surface area contributed by atoms with E-state index in [1.807, 2.05) is 30.3 Å². The molecule has 0 heterocycles. The molecule has 1 amide bonds. The molecule has 15 heavy (non-hydrogen) atoms. The summed E-state index contributed by atoms with van der Waals surface area (Å²) < 4.78 is 0. The van der Waals surface area contributed by atoms with Crippen molar-refractivity contribution in [1.29, 1.82) is 0 Å². The van der Waals surface area contributed by atoms with Gasteiger partial charge in [0.05, 0.1) is 12.6 Å². The molecule has 0 aliphatic carbocycles. The first kappa shape index (κ1) is 11.2. The third-order valence-electron chi connectivity index (χ3n) is 1.82. The van der Waals surface area contributed by atoms with E-state index in [0.29, 0.717) is 6.29 Å². The summed E-state index contributed by atoms with van der Waals surface area (Å²) in [6.45, 7) is 1.80. The van der Waals surface area contributed by atoms with E-state index in [9.17, 15) is 9.59 Å². The van der Waals surface area contributed by atoms with Crippen LogP contribution in [-0.2, 0) is 9.59 Å². The Morgan fingerprint density at radius 2 is 2.07 bits per heavy atom. The average Bonchev–Trinajstić information content (AvgIpc) is 2.27. The zero-order valence-electron chi connectivity index (χ0n) is 8.57. The van der Waals surface area contributed by atoms with Gasteiger partial charge in [0.1, 0.15) is 6.29 Å². The Bertz CT molecular complexity index is 325. The molecule has 1 unspecified atom stereocenters. The van der Waals surface area contributed by atoms with E-state index in [1.54, 1.807) is 6.92 Å². The van der Waals surface area contributed by atoms with Gasteiger partial charge in [0, 0.05) is 5.69 Å². The maximum atomic E-state index is 11.3. The van der Waals surface area contributed by atoms with Crippen molar-refractivity contribution >= 4 is 17.9 Å². The van der Waals surface area contributed by atoms with Crippen LogP contribution in [0.3, 0.4) is 0 Å². The number of anilines is 1. The number of hydrogen-bond acceptors (Lipinski definition) is 3. The molecule has 0 fully saturated rings. The van der Waals surface area contributed by atoms with E-state index in [1.165, 1.54) is 0 Å². The second-order valence-electron chi connectivity index (χ2n) is 3.21. The second-order valence-corrected chi connectivity index (χ2v) is 3.21. The number of rotatable bonds is 5. The zero-order valence-corrected chi connectivity index (χ0v) is 8.57. The molecule has 0 saturated heterocycles. The van der Waals surface area contributed by atoms with E-state index >= 15 is 0 Å². The second kappa shape index (κ2) is 5.80. The number of hydrogen-bond donors (Lipinski definition) is 2. The van der Waals surface area contributed by atoms with Gasteiger partial charge >= 0.3 is 0 Å². The highest BCUT2D eigenvalue weighted by atomic mass is 16.2. The highest BCUT2D eigenvalue weighted by molar-refractivity contribution is 5.83. The van der Waals surface area contributed by atoms with Crippen molar-refractivity contribution in [2.24, 2.45) is 0 Å². The number of carbonyl (C=O) groups is 2. The van der Waals surface area contributed by atoms with Crippen molar-refractivity contribution in [2.45, 2.75) is 13.0 Å². The van der Waals surface area contributed by atoms with Crippen molar-refractivity contribution in [2.75, 3.05) is 11.9 Å². The minimum Gasteiger partial charge on any atom is -0.376 e. The number of aldehydes is 1. The summed E-state index contributed by atoms with van der Waals surface area (Å²) >= 11 is 0. The fourth-order valence-corrected chi connectivity index (χ4v) is 1.08. The minimum absolute atomic E-state index is 0.169.